The lowest BCUT2D eigenvalue weighted by molar-refractivity contribution is -0.274. The lowest BCUT2D eigenvalue weighted by Crippen LogP contribution is -2.38. The number of anilines is 1. The largest absolute Gasteiger partial charge is 0.573 e. The number of nitrogens with one attached hydrogen (secondary N) is 1. The number of hydrogen-bond donors (Lipinski definition) is 2. The molecule has 3 N–H and O–H groups in total. The van der Waals surface area contributed by atoms with Crippen molar-refractivity contribution in [3.8, 4) is 5.75 Å². The molecule has 1 aliphatic heterocycles. The van der Waals surface area contributed by atoms with Crippen LogP contribution < -0.4 is 20.7 Å². The molecule has 1 fully saturated rings. The first-order valence-electron chi connectivity index (χ1n) is 9.01. The molecule has 1 aliphatic rings. The third kappa shape index (κ3) is 7.59. The second kappa shape index (κ2) is 11.3. The molecule has 3 rings (SSSR count). The molecule has 0 aliphatic carbocycles. The molecule has 0 bridgehead atoms. The molecule has 1 amide bonds. The number of ether oxygens (including phenoxy) is 1. The van der Waals surface area contributed by atoms with Crippen molar-refractivity contribution in [2.75, 3.05) is 18.0 Å². The standard InChI is InChI=1S/C20H22F3N3O2.2ClH/c21-20(22,23)28-17-8-4-7-16(11-17)26-10-9-15(13-26)25-19(27)12-18(24)14-5-2-1-3-6-14;;/h1-8,11,15,18H,9-10,12-13,24H2,(H,25,27);2*1H. The summed E-state index contributed by atoms with van der Waals surface area (Å²) in [6.07, 6.45) is -3.84. The number of rotatable bonds is 6. The van der Waals surface area contributed by atoms with Crippen LogP contribution in [0.1, 0.15) is 24.4 Å². The van der Waals surface area contributed by atoms with Gasteiger partial charge >= 0.3 is 6.36 Å². The topological polar surface area (TPSA) is 67.6 Å². The summed E-state index contributed by atoms with van der Waals surface area (Å²) in [6.45, 7) is 1.15. The molecule has 0 aromatic heterocycles. The summed E-state index contributed by atoms with van der Waals surface area (Å²) in [7, 11) is 0. The highest BCUT2D eigenvalue weighted by Crippen LogP contribution is 2.28. The summed E-state index contributed by atoms with van der Waals surface area (Å²) < 4.78 is 41.1. The summed E-state index contributed by atoms with van der Waals surface area (Å²) >= 11 is 0. The first-order valence-corrected chi connectivity index (χ1v) is 9.01. The van der Waals surface area contributed by atoms with Gasteiger partial charge in [-0.3, -0.25) is 4.79 Å². The molecule has 1 saturated heterocycles. The van der Waals surface area contributed by atoms with Crippen LogP contribution in [-0.4, -0.2) is 31.4 Å². The molecule has 1 heterocycles. The molecule has 166 valence electrons. The summed E-state index contributed by atoms with van der Waals surface area (Å²) in [5.74, 6) is -0.399. The molecule has 30 heavy (non-hydrogen) atoms. The van der Waals surface area contributed by atoms with E-state index in [4.69, 9.17) is 5.73 Å². The van der Waals surface area contributed by atoms with Crippen LogP contribution in [0.15, 0.2) is 54.6 Å². The fourth-order valence-electron chi connectivity index (χ4n) is 3.29. The Hall–Kier alpha value is -2.16. The molecular formula is C20H24Cl2F3N3O2. The molecular weight excluding hydrogens is 442 g/mol. The van der Waals surface area contributed by atoms with Crippen molar-refractivity contribution in [1.29, 1.82) is 0 Å². The van der Waals surface area contributed by atoms with Gasteiger partial charge in [-0.2, -0.15) is 0 Å². The number of alkyl halides is 3. The Labute approximate surface area is 185 Å². The monoisotopic (exact) mass is 465 g/mol. The van der Waals surface area contributed by atoms with E-state index in [9.17, 15) is 18.0 Å². The summed E-state index contributed by atoms with van der Waals surface area (Å²) in [6, 6.07) is 14.8. The molecule has 10 heteroatoms. The normalized spacial score (nSPS) is 16.8. The quantitative estimate of drug-likeness (QED) is 0.670. The number of hydrogen-bond acceptors (Lipinski definition) is 4. The van der Waals surface area contributed by atoms with Gasteiger partial charge < -0.3 is 20.7 Å². The van der Waals surface area contributed by atoms with Crippen molar-refractivity contribution in [2.45, 2.75) is 31.3 Å². The Bertz CT molecular complexity index is 809. The van der Waals surface area contributed by atoms with Crippen molar-refractivity contribution < 1.29 is 22.7 Å². The fourth-order valence-corrected chi connectivity index (χ4v) is 3.29. The molecule has 2 atom stereocenters. The predicted molar refractivity (Wildman–Crippen MR) is 114 cm³/mol. The highest BCUT2D eigenvalue weighted by atomic mass is 35.5. The maximum atomic E-state index is 12.4. The van der Waals surface area contributed by atoms with E-state index in [0.29, 0.717) is 25.2 Å². The maximum absolute atomic E-state index is 12.4. The van der Waals surface area contributed by atoms with Gasteiger partial charge in [0.1, 0.15) is 5.75 Å². The predicted octanol–water partition coefficient (Wildman–Crippen LogP) is 4.21. The zero-order valence-electron chi connectivity index (χ0n) is 16.0. The van der Waals surface area contributed by atoms with Crippen LogP contribution in [0.4, 0.5) is 18.9 Å². The Morgan fingerprint density at radius 2 is 1.87 bits per heavy atom. The first kappa shape index (κ1) is 25.9. The highest BCUT2D eigenvalue weighted by Gasteiger charge is 2.31. The second-order valence-electron chi connectivity index (χ2n) is 6.77. The zero-order valence-corrected chi connectivity index (χ0v) is 17.6. The van der Waals surface area contributed by atoms with Crippen LogP contribution in [0.5, 0.6) is 5.75 Å². The van der Waals surface area contributed by atoms with Crippen molar-refractivity contribution >= 4 is 36.4 Å². The minimum absolute atomic E-state index is 0. The van der Waals surface area contributed by atoms with E-state index >= 15 is 0 Å². The van der Waals surface area contributed by atoms with Gasteiger partial charge in [0.05, 0.1) is 0 Å². The molecule has 0 radical (unpaired) electrons. The van der Waals surface area contributed by atoms with Crippen molar-refractivity contribution in [2.24, 2.45) is 5.73 Å². The Morgan fingerprint density at radius 1 is 1.17 bits per heavy atom. The van der Waals surface area contributed by atoms with Gasteiger partial charge in [-0.25, -0.2) is 0 Å². The molecule has 2 aromatic carbocycles. The summed E-state index contributed by atoms with van der Waals surface area (Å²) in [5.41, 5.74) is 7.60. The van der Waals surface area contributed by atoms with Crippen LogP contribution in [0.3, 0.4) is 0 Å². The Kier molecular flexibility index (Phi) is 9.74. The average Bonchev–Trinajstić information content (AvgIpc) is 3.09. The van der Waals surface area contributed by atoms with E-state index in [1.54, 1.807) is 6.07 Å². The molecule has 0 spiro atoms. The smallest absolute Gasteiger partial charge is 0.406 e. The third-order valence-electron chi connectivity index (χ3n) is 4.60. The number of nitrogens with two attached hydrogens (primary N) is 1. The van der Waals surface area contributed by atoms with E-state index in [1.165, 1.54) is 18.2 Å². The first-order chi connectivity index (χ1) is 13.3. The van der Waals surface area contributed by atoms with Crippen LogP contribution >= 0.6 is 24.8 Å². The van der Waals surface area contributed by atoms with Crippen molar-refractivity contribution in [3.63, 3.8) is 0 Å². The van der Waals surface area contributed by atoms with Gasteiger partial charge in [0.2, 0.25) is 5.91 Å². The van der Waals surface area contributed by atoms with E-state index < -0.39 is 6.36 Å². The number of benzene rings is 2. The number of carbonyl (C=O) groups excluding carboxylic acids is 1. The molecule has 5 nitrogen and oxygen atoms in total. The second-order valence-corrected chi connectivity index (χ2v) is 6.77. The van der Waals surface area contributed by atoms with E-state index in [2.05, 4.69) is 10.1 Å². The summed E-state index contributed by atoms with van der Waals surface area (Å²) in [4.78, 5) is 14.2. The third-order valence-corrected chi connectivity index (χ3v) is 4.60. The zero-order chi connectivity index (χ0) is 20.1. The Balaban J connectivity index is 0.00000225. The van der Waals surface area contributed by atoms with Crippen molar-refractivity contribution in [3.05, 3.63) is 60.2 Å². The van der Waals surface area contributed by atoms with Gasteiger partial charge in [-0.15, -0.1) is 38.0 Å². The van der Waals surface area contributed by atoms with Gasteiger partial charge in [0, 0.05) is 43.3 Å². The van der Waals surface area contributed by atoms with Crippen molar-refractivity contribution in [1.82, 2.24) is 5.32 Å². The van der Waals surface area contributed by atoms with E-state index in [0.717, 1.165) is 5.56 Å². The molecule has 2 unspecified atom stereocenters. The minimum Gasteiger partial charge on any atom is -0.406 e. The van der Waals surface area contributed by atoms with Crippen LogP contribution in [0.25, 0.3) is 0 Å². The van der Waals surface area contributed by atoms with E-state index in [-0.39, 0.29) is 55.0 Å². The minimum atomic E-state index is -4.72. The van der Waals surface area contributed by atoms with Crippen LogP contribution in [0.2, 0.25) is 0 Å². The van der Waals surface area contributed by atoms with Gasteiger partial charge in [0.25, 0.3) is 0 Å². The van der Waals surface area contributed by atoms with E-state index in [1.807, 2.05) is 35.2 Å². The fraction of sp³-hybridized carbons (Fsp3) is 0.350. The average molecular weight is 466 g/mol. The van der Waals surface area contributed by atoms with Gasteiger partial charge in [-0.05, 0) is 24.1 Å². The number of carbonyl (C=O) groups is 1. The molecule has 2 aromatic rings. The lowest BCUT2D eigenvalue weighted by Gasteiger charge is -2.20. The van der Waals surface area contributed by atoms with Crippen LogP contribution in [-0.2, 0) is 4.79 Å². The number of halogens is 5. The highest BCUT2D eigenvalue weighted by molar-refractivity contribution is 5.85. The van der Waals surface area contributed by atoms with Gasteiger partial charge in [-0.1, -0.05) is 36.4 Å². The maximum Gasteiger partial charge on any atom is 0.573 e. The van der Waals surface area contributed by atoms with Gasteiger partial charge in [0.15, 0.2) is 0 Å². The summed E-state index contributed by atoms with van der Waals surface area (Å²) in [5, 5.41) is 2.96. The Morgan fingerprint density at radius 3 is 2.53 bits per heavy atom. The van der Waals surface area contributed by atoms with Crippen LogP contribution in [0, 0.1) is 0 Å². The molecule has 0 saturated carbocycles. The number of amides is 1. The SMILES string of the molecule is Cl.Cl.NC(CC(=O)NC1CCN(c2cccc(OC(F)(F)F)c2)C1)c1ccccc1. The number of nitrogens with zero attached hydrogens (tertiary/aromatic N) is 1. The lowest BCUT2D eigenvalue weighted by atomic mass is 10.0.